The van der Waals surface area contributed by atoms with Gasteiger partial charge in [0.1, 0.15) is 5.91 Å². The average Bonchev–Trinajstić information content (AvgIpc) is 3.62. The van der Waals surface area contributed by atoms with Crippen LogP contribution in [-0.4, -0.2) is 54.9 Å². The molecule has 8 nitrogen and oxygen atoms in total. The second-order valence-corrected chi connectivity index (χ2v) is 9.08. The van der Waals surface area contributed by atoms with E-state index in [1.807, 2.05) is 13.8 Å². The van der Waals surface area contributed by atoms with E-state index in [2.05, 4.69) is 24.9 Å². The number of Topliss-reactive ketones (excluding diaryl/α,β-unsaturated/α-hetero) is 1. The first-order valence-corrected chi connectivity index (χ1v) is 14.0. The number of nitrogens with one attached hydrogen (secondary N) is 3. The second-order valence-electron chi connectivity index (χ2n) is 8.50. The van der Waals surface area contributed by atoms with Crippen LogP contribution in [0.25, 0.3) is 11.3 Å². The Morgan fingerprint density at radius 3 is 2.48 bits per heavy atom. The first kappa shape index (κ1) is 34.6. The number of benzene rings is 1. The first-order valence-electron chi connectivity index (χ1n) is 13.3. The Balaban J connectivity index is 0.00000191. The van der Waals surface area contributed by atoms with Crippen molar-refractivity contribution < 1.29 is 32.7 Å². The van der Waals surface area contributed by atoms with Crippen molar-refractivity contribution in [3.63, 3.8) is 0 Å². The molecular weight excluding hydrogens is 539 g/mol. The first-order chi connectivity index (χ1) is 19.3. The highest BCUT2D eigenvalue weighted by atomic mass is 31.0. The van der Waals surface area contributed by atoms with Gasteiger partial charge >= 0.3 is 5.97 Å². The van der Waals surface area contributed by atoms with Gasteiger partial charge in [0.15, 0.2) is 5.78 Å². The molecule has 0 bridgehead atoms. The van der Waals surface area contributed by atoms with Crippen molar-refractivity contribution in [2.45, 2.75) is 58.4 Å². The third-order valence-corrected chi connectivity index (χ3v) is 6.27. The van der Waals surface area contributed by atoms with E-state index < -0.39 is 17.9 Å². The Kier molecular flexibility index (Phi) is 16.3. The van der Waals surface area contributed by atoms with Crippen molar-refractivity contribution in [3.8, 4) is 11.3 Å². The molecule has 40 heavy (non-hydrogen) atoms. The van der Waals surface area contributed by atoms with E-state index in [9.17, 15) is 28.0 Å². The summed E-state index contributed by atoms with van der Waals surface area (Å²) in [6.07, 6.45) is 3.63. The van der Waals surface area contributed by atoms with E-state index in [0.29, 0.717) is 49.1 Å². The van der Waals surface area contributed by atoms with Gasteiger partial charge < -0.3 is 20.4 Å². The molecule has 3 rings (SSSR count). The molecule has 11 heteroatoms. The molecule has 0 saturated carbocycles. The number of hydrogen-bond acceptors (Lipinski definition) is 5. The standard InChI is InChI=1S/C26H31FN3O5P.C2H6.CH3F/c1-2-35-24(33)12-7-17(15-16-13-14-28-26(16)34)29-23(32)11-10-22(31)21-9-8-20(30-21)18-5-3-4-6-19(18)25(27)36;2*1-2/h3-9,12,16-17,25,30H,2,10-11,13-15,36H2,1H3,(H,28,34)(H,29,32);1-2H3;1H3/b12-7+;;. The number of amides is 2. The summed E-state index contributed by atoms with van der Waals surface area (Å²) in [5.41, 5.74) is 2.08. The molecule has 1 aliphatic rings. The largest absolute Gasteiger partial charge is 0.463 e. The minimum atomic E-state index is -1.24. The van der Waals surface area contributed by atoms with E-state index in [-0.39, 0.29) is 43.0 Å². The highest BCUT2D eigenvalue weighted by molar-refractivity contribution is 7.16. The minimum absolute atomic E-state index is 0.0407. The molecule has 1 saturated heterocycles. The summed E-state index contributed by atoms with van der Waals surface area (Å²) in [7, 11) is 2.62. The van der Waals surface area contributed by atoms with Gasteiger partial charge in [-0.2, -0.15) is 0 Å². The van der Waals surface area contributed by atoms with Gasteiger partial charge in [0.05, 0.1) is 19.5 Å². The van der Waals surface area contributed by atoms with E-state index in [4.69, 9.17) is 4.74 Å². The molecule has 220 valence electrons. The van der Waals surface area contributed by atoms with E-state index >= 15 is 0 Å². The normalized spacial score (nSPS) is 15.6. The molecule has 1 fully saturated rings. The van der Waals surface area contributed by atoms with Gasteiger partial charge in [-0.3, -0.25) is 18.8 Å². The van der Waals surface area contributed by atoms with Gasteiger partial charge in [-0.25, -0.2) is 9.18 Å². The lowest BCUT2D eigenvalue weighted by Crippen LogP contribution is -2.36. The van der Waals surface area contributed by atoms with Gasteiger partial charge in [-0.15, -0.1) is 0 Å². The smallest absolute Gasteiger partial charge is 0.330 e. The quantitative estimate of drug-likeness (QED) is 0.138. The summed E-state index contributed by atoms with van der Waals surface area (Å²) in [4.78, 5) is 52.0. The average molecular weight is 580 g/mol. The monoisotopic (exact) mass is 579 g/mol. The Bertz CT molecular complexity index is 1140. The fourth-order valence-corrected chi connectivity index (χ4v) is 4.38. The summed E-state index contributed by atoms with van der Waals surface area (Å²) >= 11 is 0. The summed E-state index contributed by atoms with van der Waals surface area (Å²) < 4.78 is 28.3. The number of halogens is 2. The summed E-state index contributed by atoms with van der Waals surface area (Å²) in [6, 6.07) is 9.77. The lowest BCUT2D eigenvalue weighted by molar-refractivity contribution is -0.137. The fourth-order valence-electron chi connectivity index (χ4n) is 4.09. The molecular formula is C29H40F2N3O5P. The molecule has 2 aromatic rings. The maximum atomic E-state index is 13.9. The molecule has 0 aliphatic carbocycles. The van der Waals surface area contributed by atoms with Crippen molar-refractivity contribution in [3.05, 3.63) is 59.8 Å². The van der Waals surface area contributed by atoms with E-state index in [1.165, 1.54) is 12.2 Å². The highest BCUT2D eigenvalue weighted by Gasteiger charge is 2.27. The predicted molar refractivity (Wildman–Crippen MR) is 155 cm³/mol. The van der Waals surface area contributed by atoms with Crippen LogP contribution in [0.1, 0.15) is 68.4 Å². The zero-order valence-corrected chi connectivity index (χ0v) is 24.6. The lowest BCUT2D eigenvalue weighted by atomic mass is 9.97. The number of esters is 1. The molecule has 0 spiro atoms. The van der Waals surface area contributed by atoms with Gasteiger partial charge in [-0.1, -0.05) is 53.4 Å². The number of rotatable bonds is 12. The molecule has 3 N–H and O–H groups in total. The molecule has 4 atom stereocenters. The number of carbonyl (C=O) groups excluding carboxylic acids is 4. The molecule has 2 heterocycles. The fraction of sp³-hybridized carbons (Fsp3) is 0.448. The maximum absolute atomic E-state index is 13.9. The predicted octanol–water partition coefficient (Wildman–Crippen LogP) is 5.23. The van der Waals surface area contributed by atoms with Crippen LogP contribution >= 0.6 is 9.24 Å². The third-order valence-electron chi connectivity index (χ3n) is 5.91. The SMILES string of the molecule is CC.CCOC(=O)/C=C/C(CC1CCNC1=O)NC(=O)CCC(=O)c1ccc(-c2ccccc2C(F)P)[nH]1.CF. The molecule has 1 aliphatic heterocycles. The molecule has 2 amide bonds. The number of ether oxygens (including phenoxy) is 1. The maximum Gasteiger partial charge on any atom is 0.330 e. The Morgan fingerprint density at radius 2 is 1.85 bits per heavy atom. The van der Waals surface area contributed by atoms with Crippen LogP contribution < -0.4 is 10.6 Å². The number of aromatic nitrogens is 1. The minimum Gasteiger partial charge on any atom is -0.463 e. The van der Waals surface area contributed by atoms with Gasteiger partial charge in [0, 0.05) is 48.7 Å². The van der Waals surface area contributed by atoms with Gasteiger partial charge in [0.25, 0.3) is 0 Å². The van der Waals surface area contributed by atoms with Gasteiger partial charge in [0.2, 0.25) is 11.8 Å². The van der Waals surface area contributed by atoms with Crippen LogP contribution in [0.5, 0.6) is 0 Å². The molecule has 0 radical (unpaired) electrons. The van der Waals surface area contributed by atoms with Crippen molar-refractivity contribution in [1.82, 2.24) is 15.6 Å². The van der Waals surface area contributed by atoms with Crippen LogP contribution in [-0.2, 0) is 19.1 Å². The summed E-state index contributed by atoms with van der Waals surface area (Å²) in [5, 5.41) is 5.56. The Morgan fingerprint density at radius 1 is 1.15 bits per heavy atom. The van der Waals surface area contributed by atoms with Gasteiger partial charge in [-0.05, 0) is 37.5 Å². The summed E-state index contributed by atoms with van der Waals surface area (Å²) in [6.45, 7) is 6.49. The summed E-state index contributed by atoms with van der Waals surface area (Å²) in [5.74, 6) is -2.76. The second kappa shape index (κ2) is 18.8. The number of hydrogen-bond donors (Lipinski definition) is 3. The number of ketones is 1. The number of H-pyrrole nitrogens is 1. The van der Waals surface area contributed by atoms with E-state index in [1.54, 1.807) is 43.3 Å². The number of alkyl halides is 2. The van der Waals surface area contributed by atoms with Crippen LogP contribution in [0.4, 0.5) is 8.78 Å². The van der Waals surface area contributed by atoms with Crippen LogP contribution in [0, 0.1) is 5.92 Å². The molecule has 1 aromatic carbocycles. The van der Waals surface area contributed by atoms with Crippen LogP contribution in [0.15, 0.2) is 48.6 Å². The third kappa shape index (κ3) is 11.0. The van der Waals surface area contributed by atoms with Crippen molar-refractivity contribution in [1.29, 1.82) is 0 Å². The van der Waals surface area contributed by atoms with Crippen molar-refractivity contribution in [2.75, 3.05) is 20.3 Å². The molecule has 1 aromatic heterocycles. The molecule has 4 unspecified atom stereocenters. The van der Waals surface area contributed by atoms with E-state index in [0.717, 1.165) is 0 Å². The zero-order chi connectivity index (χ0) is 30.1. The Labute approximate surface area is 236 Å². The Hall–Kier alpha value is -3.39. The number of aromatic amines is 1. The zero-order valence-electron chi connectivity index (χ0n) is 23.5. The number of carbonyl (C=O) groups is 4. The van der Waals surface area contributed by atoms with Crippen molar-refractivity contribution in [2.24, 2.45) is 5.92 Å². The topological polar surface area (TPSA) is 117 Å². The lowest BCUT2D eigenvalue weighted by Gasteiger charge is -2.18. The van der Waals surface area contributed by atoms with Crippen LogP contribution in [0.2, 0.25) is 0 Å². The van der Waals surface area contributed by atoms with Crippen LogP contribution in [0.3, 0.4) is 0 Å². The van der Waals surface area contributed by atoms with Crippen molar-refractivity contribution >= 4 is 32.8 Å². The highest BCUT2D eigenvalue weighted by Crippen LogP contribution is 2.33.